The van der Waals surface area contributed by atoms with Crippen LogP contribution in [0.5, 0.6) is 5.75 Å². The Morgan fingerprint density at radius 3 is 2.75 bits per heavy atom. The van der Waals surface area contributed by atoms with Crippen molar-refractivity contribution in [1.29, 1.82) is 5.41 Å². The van der Waals surface area contributed by atoms with Crippen molar-refractivity contribution in [3.8, 4) is 5.75 Å². The number of nitrogens with one attached hydrogen (secondary N) is 1. The van der Waals surface area contributed by atoms with Gasteiger partial charge in [-0.15, -0.1) is 5.06 Å². The summed E-state index contributed by atoms with van der Waals surface area (Å²) in [7, 11) is 0. The summed E-state index contributed by atoms with van der Waals surface area (Å²) in [6.07, 6.45) is 6.21. The summed E-state index contributed by atoms with van der Waals surface area (Å²) in [5, 5.41) is 10.7. The summed E-state index contributed by atoms with van der Waals surface area (Å²) in [4.78, 5) is 22.2. The Morgan fingerprint density at radius 2 is 1.91 bits per heavy atom. The van der Waals surface area contributed by atoms with Gasteiger partial charge in [0.1, 0.15) is 11.5 Å². The molecular weight excluding hydrogens is 404 g/mol. The molecule has 0 spiro atoms. The van der Waals surface area contributed by atoms with Crippen LogP contribution in [-0.2, 0) is 16.2 Å². The van der Waals surface area contributed by atoms with Crippen molar-refractivity contribution in [2.75, 3.05) is 6.61 Å². The van der Waals surface area contributed by atoms with E-state index in [9.17, 15) is 4.79 Å². The van der Waals surface area contributed by atoms with Crippen molar-refractivity contribution < 1.29 is 14.4 Å². The summed E-state index contributed by atoms with van der Waals surface area (Å²) in [6, 6.07) is 17.8. The molecule has 7 nitrogen and oxygen atoms in total. The first-order valence-corrected chi connectivity index (χ1v) is 10.5. The molecule has 1 aromatic heterocycles. The molecule has 0 saturated heterocycles. The summed E-state index contributed by atoms with van der Waals surface area (Å²) in [6.45, 7) is 3.13. The van der Waals surface area contributed by atoms with Crippen LogP contribution in [0.25, 0.3) is 17.0 Å². The molecule has 0 saturated carbocycles. The van der Waals surface area contributed by atoms with Gasteiger partial charge in [0.2, 0.25) is 0 Å². The minimum atomic E-state index is -0.441. The number of hydrogen-bond acceptors (Lipinski definition) is 4. The second-order valence-corrected chi connectivity index (χ2v) is 7.63. The molecule has 2 aromatic carbocycles. The highest BCUT2D eigenvalue weighted by atomic mass is 16.7. The van der Waals surface area contributed by atoms with Crippen LogP contribution < -0.4 is 4.74 Å². The van der Waals surface area contributed by atoms with Gasteiger partial charge in [-0.05, 0) is 37.6 Å². The molecule has 0 fully saturated rings. The van der Waals surface area contributed by atoms with Crippen molar-refractivity contribution in [2.24, 2.45) is 4.99 Å². The maximum Gasteiger partial charge on any atom is 0.282 e. The number of carbonyl (C=O) groups is 1. The molecule has 0 aliphatic carbocycles. The number of rotatable bonds is 6. The Hall–Kier alpha value is -4.13. The average molecular weight is 426 g/mol. The van der Waals surface area contributed by atoms with Crippen molar-refractivity contribution in [3.05, 3.63) is 83.8 Å². The van der Waals surface area contributed by atoms with Gasteiger partial charge >= 0.3 is 0 Å². The second-order valence-electron chi connectivity index (χ2n) is 7.63. The van der Waals surface area contributed by atoms with Crippen LogP contribution in [0.15, 0.2) is 83.2 Å². The highest BCUT2D eigenvalue weighted by molar-refractivity contribution is 6.32. The molecule has 2 aliphatic rings. The Labute approximate surface area is 185 Å². The fraction of sp³-hybridized carbons (Fsp3) is 0.160. The number of hydroxylamine groups is 2. The minimum absolute atomic E-state index is 0.0128. The zero-order chi connectivity index (χ0) is 22.1. The van der Waals surface area contributed by atoms with E-state index in [0.29, 0.717) is 18.2 Å². The molecule has 1 amide bonds. The lowest BCUT2D eigenvalue weighted by molar-refractivity contribution is -0.114. The molecule has 2 aliphatic heterocycles. The van der Waals surface area contributed by atoms with Gasteiger partial charge in [0.15, 0.2) is 11.7 Å². The van der Waals surface area contributed by atoms with Gasteiger partial charge in [0.25, 0.3) is 5.91 Å². The lowest BCUT2D eigenvalue weighted by Crippen LogP contribution is -2.38. The van der Waals surface area contributed by atoms with Gasteiger partial charge < -0.3 is 14.1 Å². The maximum absolute atomic E-state index is 12.6. The number of hydrogen-bond donors (Lipinski definition) is 1. The van der Waals surface area contributed by atoms with Crippen LogP contribution in [0.2, 0.25) is 0 Å². The first kappa shape index (κ1) is 19.8. The van der Waals surface area contributed by atoms with Gasteiger partial charge in [-0.25, -0.2) is 0 Å². The van der Waals surface area contributed by atoms with Gasteiger partial charge in [0.05, 0.1) is 12.2 Å². The van der Waals surface area contributed by atoms with Crippen molar-refractivity contribution in [1.82, 2.24) is 9.63 Å². The fourth-order valence-electron chi connectivity index (χ4n) is 3.87. The van der Waals surface area contributed by atoms with E-state index in [1.54, 1.807) is 19.1 Å². The van der Waals surface area contributed by atoms with Crippen molar-refractivity contribution in [2.45, 2.75) is 19.9 Å². The molecule has 0 radical (unpaired) electrons. The number of allylic oxidation sites excluding steroid dienone is 1. The predicted molar refractivity (Wildman–Crippen MR) is 123 cm³/mol. The number of aliphatic imine (C=N–C) groups is 1. The normalized spacial score (nSPS) is 16.8. The second kappa shape index (κ2) is 8.19. The third-order valence-corrected chi connectivity index (χ3v) is 5.35. The zero-order valence-electron chi connectivity index (χ0n) is 17.6. The maximum atomic E-state index is 12.6. The molecule has 3 aromatic rings. The number of amides is 1. The molecule has 32 heavy (non-hydrogen) atoms. The van der Waals surface area contributed by atoms with E-state index < -0.39 is 5.91 Å². The molecule has 3 heterocycles. The molecule has 160 valence electrons. The van der Waals surface area contributed by atoms with Crippen molar-refractivity contribution in [3.63, 3.8) is 0 Å². The average Bonchev–Trinajstić information content (AvgIpc) is 3.35. The van der Waals surface area contributed by atoms with Crippen LogP contribution in [0, 0.1) is 5.41 Å². The van der Waals surface area contributed by atoms with E-state index in [1.807, 2.05) is 54.7 Å². The lowest BCUT2D eigenvalue weighted by atomic mass is 10.1. The number of nitrogens with zero attached hydrogens (tertiary/aromatic N) is 3. The number of aromatic nitrogens is 1. The minimum Gasteiger partial charge on any atom is -0.494 e. The summed E-state index contributed by atoms with van der Waals surface area (Å²) < 4.78 is 7.96. The Kier molecular flexibility index (Phi) is 5.07. The van der Waals surface area contributed by atoms with Crippen LogP contribution >= 0.6 is 0 Å². The van der Waals surface area contributed by atoms with E-state index in [1.165, 1.54) is 5.06 Å². The van der Waals surface area contributed by atoms with Gasteiger partial charge in [-0.3, -0.25) is 10.2 Å². The largest absolute Gasteiger partial charge is 0.494 e. The summed E-state index contributed by atoms with van der Waals surface area (Å²) >= 11 is 0. The van der Waals surface area contributed by atoms with E-state index in [4.69, 9.17) is 15.0 Å². The number of amidine groups is 2. The van der Waals surface area contributed by atoms with Gasteiger partial charge in [0, 0.05) is 35.3 Å². The Balaban J connectivity index is 1.38. The molecule has 1 N–H and O–H groups in total. The number of ether oxygens (including phenoxy) is 1. The number of para-hydroxylation sites is 2. The molecule has 0 bridgehead atoms. The smallest absolute Gasteiger partial charge is 0.282 e. The third kappa shape index (κ3) is 3.69. The highest BCUT2D eigenvalue weighted by Gasteiger charge is 2.34. The quantitative estimate of drug-likeness (QED) is 0.463. The number of fused-ring (bicyclic) bond motifs is 2. The highest BCUT2D eigenvalue weighted by Crippen LogP contribution is 2.27. The van der Waals surface area contributed by atoms with E-state index in [2.05, 4.69) is 15.6 Å². The van der Waals surface area contributed by atoms with Crippen LogP contribution in [0.3, 0.4) is 0 Å². The molecule has 7 heteroatoms. The Morgan fingerprint density at radius 1 is 1.12 bits per heavy atom. The molecule has 0 atom stereocenters. The molecule has 0 unspecified atom stereocenters. The summed E-state index contributed by atoms with van der Waals surface area (Å²) in [5.41, 5.74) is 2.13. The monoisotopic (exact) mass is 426 g/mol. The zero-order valence-corrected chi connectivity index (χ0v) is 17.6. The van der Waals surface area contributed by atoms with Crippen LogP contribution in [0.1, 0.15) is 18.9 Å². The molecule has 5 rings (SSSR count). The van der Waals surface area contributed by atoms with E-state index in [-0.39, 0.29) is 11.4 Å². The SMILES string of the molecule is CC1=CC2=NC(=O)/C(=C/c3cn(CCCOc4ccccc4)c4ccccc34)C(=N)N2O1. The Bertz CT molecular complexity index is 1300. The van der Waals surface area contributed by atoms with E-state index >= 15 is 0 Å². The van der Waals surface area contributed by atoms with Gasteiger partial charge in [-0.2, -0.15) is 4.99 Å². The van der Waals surface area contributed by atoms with Crippen molar-refractivity contribution >= 4 is 34.6 Å². The van der Waals surface area contributed by atoms with Crippen LogP contribution in [-0.4, -0.2) is 33.8 Å². The van der Waals surface area contributed by atoms with E-state index in [0.717, 1.165) is 35.2 Å². The fourth-order valence-corrected chi connectivity index (χ4v) is 3.87. The number of benzene rings is 2. The first-order chi connectivity index (χ1) is 15.6. The number of carbonyl (C=O) groups excluding carboxylic acids is 1. The summed E-state index contributed by atoms with van der Waals surface area (Å²) in [5.74, 6) is 1.34. The first-order valence-electron chi connectivity index (χ1n) is 10.5. The molecular formula is C25H22N4O3. The van der Waals surface area contributed by atoms with Crippen LogP contribution in [0.4, 0.5) is 0 Å². The predicted octanol–water partition coefficient (Wildman–Crippen LogP) is 4.56. The lowest BCUT2D eigenvalue weighted by Gasteiger charge is -2.22. The topological polar surface area (TPSA) is 79.9 Å². The number of aryl methyl sites for hydroxylation is 1. The standard InChI is InChI=1S/C25H22N4O3/c1-17-14-23-27-25(30)21(24(26)29(23)32-17)15-18-16-28(22-11-6-5-10-20(18)22)12-7-13-31-19-8-3-2-4-9-19/h2-6,8-11,14-16,26H,7,12-13H2,1H3/b21-15+,26-24?. The third-order valence-electron chi connectivity index (χ3n) is 5.35. The van der Waals surface area contributed by atoms with Gasteiger partial charge in [-0.1, -0.05) is 36.4 Å².